The van der Waals surface area contributed by atoms with Crippen molar-refractivity contribution in [1.29, 1.82) is 0 Å². The number of nitrogens with one attached hydrogen (secondary N) is 1. The smallest absolute Gasteiger partial charge is 0.338 e. The number of carbonyl (C=O) groups excluding carboxylic acids is 4. The van der Waals surface area contributed by atoms with Crippen LogP contribution in [0.5, 0.6) is 0 Å². The molecule has 3 amide bonds. The number of ether oxygens (including phenoxy) is 1. The summed E-state index contributed by atoms with van der Waals surface area (Å²) in [7, 11) is 0. The number of carbonyl (C=O) groups is 4. The highest BCUT2D eigenvalue weighted by atomic mass is 35.5. The molecule has 1 aliphatic heterocycles. The van der Waals surface area contributed by atoms with Crippen LogP contribution in [0.1, 0.15) is 28.8 Å². The largest absolute Gasteiger partial charge is 0.452 e. The van der Waals surface area contributed by atoms with Crippen molar-refractivity contribution in [3.8, 4) is 0 Å². The average Bonchev–Trinajstić information content (AvgIpc) is 3.03. The fourth-order valence-corrected chi connectivity index (χ4v) is 4.83. The minimum absolute atomic E-state index is 0.122. The zero-order chi connectivity index (χ0) is 23.7. The zero-order valence-electron chi connectivity index (χ0n) is 17.8. The Hall–Kier alpha value is -2.90. The lowest BCUT2D eigenvalue weighted by atomic mass is 9.80. The summed E-state index contributed by atoms with van der Waals surface area (Å²) in [6.45, 7) is 1.38. The van der Waals surface area contributed by atoms with Crippen LogP contribution in [0.3, 0.4) is 0 Å². The predicted octanol–water partition coefficient (Wildman–Crippen LogP) is 3.90. The Bertz CT molecular complexity index is 1090. The van der Waals surface area contributed by atoms with Gasteiger partial charge in [0.05, 0.1) is 33.8 Å². The third kappa shape index (κ3) is 4.75. The Kier molecular flexibility index (Phi) is 6.72. The second kappa shape index (κ2) is 9.53. The van der Waals surface area contributed by atoms with E-state index in [9.17, 15) is 19.2 Å². The van der Waals surface area contributed by atoms with Crippen molar-refractivity contribution in [2.45, 2.75) is 30.5 Å². The topological polar surface area (TPSA) is 92.8 Å². The van der Waals surface area contributed by atoms with Gasteiger partial charge in [-0.2, -0.15) is 0 Å². The number of esters is 1. The lowest BCUT2D eigenvalue weighted by Crippen LogP contribution is -2.34. The van der Waals surface area contributed by atoms with E-state index in [0.717, 1.165) is 10.5 Å². The molecular weight excluding hydrogens is 467 g/mol. The minimum Gasteiger partial charge on any atom is -0.452 e. The fourth-order valence-electron chi connectivity index (χ4n) is 4.24. The van der Waals surface area contributed by atoms with Crippen LogP contribution in [0, 0.1) is 18.8 Å². The number of amides is 3. The van der Waals surface area contributed by atoms with E-state index >= 15 is 0 Å². The van der Waals surface area contributed by atoms with E-state index in [-0.39, 0.29) is 33.8 Å². The lowest BCUT2D eigenvalue weighted by molar-refractivity contribution is -0.122. The molecule has 0 unspecified atom stereocenters. The molecule has 9 heteroatoms. The van der Waals surface area contributed by atoms with Crippen LogP contribution >= 0.6 is 23.2 Å². The van der Waals surface area contributed by atoms with Gasteiger partial charge in [-0.3, -0.25) is 19.3 Å². The van der Waals surface area contributed by atoms with Crippen molar-refractivity contribution in [2.24, 2.45) is 11.8 Å². The molecule has 2 aliphatic rings. The van der Waals surface area contributed by atoms with Gasteiger partial charge in [0.15, 0.2) is 6.61 Å². The van der Waals surface area contributed by atoms with Gasteiger partial charge >= 0.3 is 5.97 Å². The Balaban J connectivity index is 1.43. The van der Waals surface area contributed by atoms with Gasteiger partial charge in [-0.05, 0) is 49.6 Å². The Morgan fingerprint density at radius 3 is 2.27 bits per heavy atom. The molecule has 1 heterocycles. The fraction of sp³-hybridized carbons (Fsp3) is 0.333. The standard InChI is InChI=1S/C24H22Cl2N2O5/c1-13-5-2-3-8-20(13)27-21(29)12-33-24(32)14-6-4-7-15(9-14)28-22(30)16-10-18(25)19(26)11-17(16)23(28)31/h2-9,16-19H,10-12H2,1H3,(H,27,29)/t16-,17-,18+,19+/m1/s1. The zero-order valence-corrected chi connectivity index (χ0v) is 19.3. The van der Waals surface area contributed by atoms with Crippen LogP contribution in [0.15, 0.2) is 48.5 Å². The molecule has 0 spiro atoms. The third-order valence-corrected chi connectivity index (χ3v) is 7.10. The second-order valence-corrected chi connectivity index (χ2v) is 9.34. The summed E-state index contributed by atoms with van der Waals surface area (Å²) in [4.78, 5) is 51.6. The van der Waals surface area contributed by atoms with Crippen molar-refractivity contribution in [1.82, 2.24) is 0 Å². The van der Waals surface area contributed by atoms with E-state index in [1.165, 1.54) is 12.1 Å². The molecule has 1 saturated carbocycles. The summed E-state index contributed by atoms with van der Waals surface area (Å²) in [5.74, 6) is -2.94. The van der Waals surface area contributed by atoms with Crippen LogP contribution < -0.4 is 10.2 Å². The monoisotopic (exact) mass is 488 g/mol. The number of hydrogen-bond acceptors (Lipinski definition) is 5. The molecule has 1 saturated heterocycles. The van der Waals surface area contributed by atoms with Gasteiger partial charge in [-0.15, -0.1) is 23.2 Å². The summed E-state index contributed by atoms with van der Waals surface area (Å²) in [5.41, 5.74) is 1.91. The first kappa shape index (κ1) is 23.3. The molecule has 172 valence electrons. The number of hydrogen-bond donors (Lipinski definition) is 1. The van der Waals surface area contributed by atoms with Crippen LogP contribution in [-0.4, -0.2) is 41.1 Å². The van der Waals surface area contributed by atoms with Gasteiger partial charge in [0.2, 0.25) is 11.8 Å². The molecular formula is C24H22Cl2N2O5. The Morgan fingerprint density at radius 1 is 1.00 bits per heavy atom. The number of halogens is 2. The van der Waals surface area contributed by atoms with Gasteiger partial charge in [-0.1, -0.05) is 24.3 Å². The molecule has 7 nitrogen and oxygen atoms in total. The minimum atomic E-state index is -0.741. The van der Waals surface area contributed by atoms with Gasteiger partial charge < -0.3 is 10.1 Å². The number of alkyl halides is 2. The maximum atomic E-state index is 12.9. The third-order valence-electron chi connectivity index (χ3n) is 6.01. The highest BCUT2D eigenvalue weighted by Gasteiger charge is 2.52. The molecule has 1 aliphatic carbocycles. The predicted molar refractivity (Wildman–Crippen MR) is 125 cm³/mol. The van der Waals surface area contributed by atoms with Crippen LogP contribution in [0.2, 0.25) is 0 Å². The van der Waals surface area contributed by atoms with Gasteiger partial charge in [0, 0.05) is 5.69 Å². The number of imide groups is 1. The van der Waals surface area contributed by atoms with Crippen molar-refractivity contribution in [3.63, 3.8) is 0 Å². The van der Waals surface area contributed by atoms with Crippen molar-refractivity contribution < 1.29 is 23.9 Å². The number of fused-ring (bicyclic) bond motifs is 1. The van der Waals surface area contributed by atoms with Crippen LogP contribution in [-0.2, 0) is 19.1 Å². The molecule has 2 aromatic rings. The normalized spacial score (nSPS) is 24.4. The van der Waals surface area contributed by atoms with E-state index < -0.39 is 30.3 Å². The molecule has 1 N–H and O–H groups in total. The summed E-state index contributed by atoms with van der Waals surface area (Å²) in [5, 5.41) is 1.93. The van der Waals surface area contributed by atoms with E-state index in [1.54, 1.807) is 24.3 Å². The maximum absolute atomic E-state index is 12.9. The van der Waals surface area contributed by atoms with Gasteiger partial charge in [-0.25, -0.2) is 4.79 Å². The first-order valence-corrected chi connectivity index (χ1v) is 11.4. The van der Waals surface area contributed by atoms with Crippen molar-refractivity contribution in [3.05, 3.63) is 59.7 Å². The molecule has 33 heavy (non-hydrogen) atoms. The number of aryl methyl sites for hydroxylation is 1. The number of anilines is 2. The number of benzene rings is 2. The van der Waals surface area contributed by atoms with Crippen molar-refractivity contribution >= 4 is 58.3 Å². The summed E-state index contributed by atoms with van der Waals surface area (Å²) < 4.78 is 5.12. The first-order valence-electron chi connectivity index (χ1n) is 10.5. The number of rotatable bonds is 5. The number of nitrogens with zero attached hydrogens (tertiary/aromatic N) is 1. The second-order valence-electron chi connectivity index (χ2n) is 8.22. The highest BCUT2D eigenvalue weighted by molar-refractivity contribution is 6.31. The van der Waals surface area contributed by atoms with E-state index in [2.05, 4.69) is 5.32 Å². The highest BCUT2D eigenvalue weighted by Crippen LogP contribution is 2.43. The molecule has 0 bridgehead atoms. The summed E-state index contributed by atoms with van der Waals surface area (Å²) >= 11 is 12.4. The maximum Gasteiger partial charge on any atom is 0.338 e. The summed E-state index contributed by atoms with van der Waals surface area (Å²) in [6, 6.07) is 13.3. The van der Waals surface area contributed by atoms with E-state index in [0.29, 0.717) is 18.5 Å². The first-order chi connectivity index (χ1) is 15.8. The SMILES string of the molecule is Cc1ccccc1NC(=O)COC(=O)c1cccc(N2C(=O)[C@@H]3C[C@H](Cl)[C@@H](Cl)C[C@H]3C2=O)c1. The molecule has 4 rings (SSSR count). The van der Waals surface area contributed by atoms with Crippen LogP contribution in [0.4, 0.5) is 11.4 Å². The molecule has 2 aromatic carbocycles. The Labute approximate surface area is 201 Å². The summed E-state index contributed by atoms with van der Waals surface area (Å²) in [6.07, 6.45) is 0.665. The molecule has 0 radical (unpaired) electrons. The van der Waals surface area contributed by atoms with E-state index in [4.69, 9.17) is 27.9 Å². The molecule has 4 atom stereocenters. The van der Waals surface area contributed by atoms with Gasteiger partial charge in [0.1, 0.15) is 0 Å². The van der Waals surface area contributed by atoms with Crippen LogP contribution in [0.25, 0.3) is 0 Å². The van der Waals surface area contributed by atoms with E-state index in [1.807, 2.05) is 19.1 Å². The Morgan fingerprint density at radius 2 is 1.64 bits per heavy atom. The number of para-hydroxylation sites is 1. The van der Waals surface area contributed by atoms with Crippen molar-refractivity contribution in [2.75, 3.05) is 16.8 Å². The molecule has 2 fully saturated rings. The lowest BCUT2D eigenvalue weighted by Gasteiger charge is -2.28. The average molecular weight is 489 g/mol. The van der Waals surface area contributed by atoms with Gasteiger partial charge in [0.25, 0.3) is 5.91 Å². The quantitative estimate of drug-likeness (QED) is 0.391. The molecule has 0 aromatic heterocycles.